The fourth-order valence-corrected chi connectivity index (χ4v) is 1.97. The van der Waals surface area contributed by atoms with Crippen molar-refractivity contribution in [1.29, 1.82) is 0 Å². The molecular weight excluding hydrogens is 172 g/mol. The van der Waals surface area contributed by atoms with Gasteiger partial charge in [0, 0.05) is 5.92 Å². The van der Waals surface area contributed by atoms with Gasteiger partial charge in [-0.1, -0.05) is 6.08 Å². The average molecular weight is 184 g/mol. The summed E-state index contributed by atoms with van der Waals surface area (Å²) in [5.74, 6) is -0.462. The quantitative estimate of drug-likeness (QED) is 0.475. The molecule has 13 heavy (non-hydrogen) atoms. The van der Waals surface area contributed by atoms with Crippen LogP contribution in [0.3, 0.4) is 0 Å². The maximum Gasteiger partial charge on any atom is 0.203 e. The Labute approximate surface area is 75.8 Å². The maximum atomic E-state index is 9.54. The molecule has 1 heterocycles. The molecule has 0 aromatic rings. The summed E-state index contributed by atoms with van der Waals surface area (Å²) in [6, 6.07) is 0. The zero-order chi connectivity index (χ0) is 9.42. The number of fused-ring (bicyclic) bond motifs is 1. The first-order valence-electron chi connectivity index (χ1n) is 4.23. The molecule has 0 spiro atoms. The van der Waals surface area contributed by atoms with Crippen molar-refractivity contribution in [1.82, 2.24) is 0 Å². The third-order valence-corrected chi connectivity index (χ3v) is 2.63. The van der Waals surface area contributed by atoms with Crippen LogP contribution in [0, 0.1) is 11.8 Å². The molecule has 3 N–H and O–H groups in total. The Bertz CT molecular complexity index is 258. The highest BCUT2D eigenvalue weighted by Crippen LogP contribution is 2.38. The van der Waals surface area contributed by atoms with Gasteiger partial charge in [-0.15, -0.1) is 0 Å². The highest BCUT2D eigenvalue weighted by Gasteiger charge is 2.41. The van der Waals surface area contributed by atoms with E-state index in [1.54, 1.807) is 12.2 Å². The number of aliphatic hydroxyl groups excluding tert-OH is 3. The summed E-state index contributed by atoms with van der Waals surface area (Å²) in [7, 11) is 0. The summed E-state index contributed by atoms with van der Waals surface area (Å²) in [4.78, 5) is 0. The first-order chi connectivity index (χ1) is 6.24. The van der Waals surface area contributed by atoms with Crippen LogP contribution in [0.2, 0.25) is 0 Å². The van der Waals surface area contributed by atoms with Crippen LogP contribution in [0.5, 0.6) is 0 Å². The van der Waals surface area contributed by atoms with E-state index in [2.05, 4.69) is 0 Å². The van der Waals surface area contributed by atoms with E-state index in [9.17, 15) is 10.2 Å². The fraction of sp³-hybridized carbons (Fsp3) is 0.556. The molecule has 4 nitrogen and oxygen atoms in total. The average Bonchev–Trinajstić information content (AvgIpc) is 2.45. The summed E-state index contributed by atoms with van der Waals surface area (Å²) in [6.07, 6.45) is 3.11. The predicted octanol–water partition coefficient (Wildman–Crippen LogP) is -0.626. The molecule has 0 fully saturated rings. The van der Waals surface area contributed by atoms with Gasteiger partial charge in [0.2, 0.25) is 6.29 Å². The van der Waals surface area contributed by atoms with Gasteiger partial charge in [-0.3, -0.25) is 0 Å². The minimum atomic E-state index is -0.953. The molecule has 2 aliphatic rings. The topological polar surface area (TPSA) is 69.9 Å². The van der Waals surface area contributed by atoms with Crippen LogP contribution in [0.15, 0.2) is 24.0 Å². The number of hydrogen-bond acceptors (Lipinski definition) is 4. The van der Waals surface area contributed by atoms with E-state index < -0.39 is 12.4 Å². The van der Waals surface area contributed by atoms with Gasteiger partial charge in [0.25, 0.3) is 0 Å². The Kier molecular flexibility index (Phi) is 2.11. The Balaban J connectivity index is 2.27. The Morgan fingerprint density at radius 1 is 1.38 bits per heavy atom. The molecule has 0 saturated heterocycles. The highest BCUT2D eigenvalue weighted by molar-refractivity contribution is 5.25. The van der Waals surface area contributed by atoms with E-state index in [1.165, 1.54) is 6.26 Å². The SMILES string of the molecule is OCC1=C[C@@H](O)[C@@H]2C=CO[C@H](O)[C@@H]12. The van der Waals surface area contributed by atoms with Crippen molar-refractivity contribution in [3.63, 3.8) is 0 Å². The largest absolute Gasteiger partial charge is 0.472 e. The zero-order valence-corrected chi connectivity index (χ0v) is 7.00. The molecule has 0 aromatic heterocycles. The lowest BCUT2D eigenvalue weighted by Crippen LogP contribution is -2.34. The van der Waals surface area contributed by atoms with Crippen LogP contribution in [-0.2, 0) is 4.74 Å². The summed E-state index contributed by atoms with van der Waals surface area (Å²) in [5, 5.41) is 28.0. The third kappa shape index (κ3) is 1.27. The number of rotatable bonds is 1. The van der Waals surface area contributed by atoms with Crippen LogP contribution in [0.25, 0.3) is 0 Å². The molecule has 0 radical (unpaired) electrons. The van der Waals surface area contributed by atoms with E-state index in [0.717, 1.165) is 0 Å². The van der Waals surface area contributed by atoms with Crippen molar-refractivity contribution in [2.24, 2.45) is 11.8 Å². The molecule has 1 aliphatic carbocycles. The van der Waals surface area contributed by atoms with E-state index in [-0.39, 0.29) is 18.4 Å². The second kappa shape index (κ2) is 3.14. The Hall–Kier alpha value is -0.840. The van der Waals surface area contributed by atoms with Gasteiger partial charge in [0.15, 0.2) is 0 Å². The van der Waals surface area contributed by atoms with Crippen molar-refractivity contribution in [3.8, 4) is 0 Å². The standard InChI is InChI=1S/C9H12O4/c10-4-5-3-7(11)6-1-2-13-9(12)8(5)6/h1-3,6-12H,4H2/t6-,7+,8-,9-/m0/s1. The smallest absolute Gasteiger partial charge is 0.203 e. The minimum absolute atomic E-state index is 0.146. The van der Waals surface area contributed by atoms with Crippen LogP contribution in [0.4, 0.5) is 0 Å². The first kappa shape index (κ1) is 8.74. The summed E-state index contributed by atoms with van der Waals surface area (Å²) in [6.45, 7) is -0.146. The summed E-state index contributed by atoms with van der Waals surface area (Å²) >= 11 is 0. The Morgan fingerprint density at radius 3 is 2.85 bits per heavy atom. The van der Waals surface area contributed by atoms with Gasteiger partial charge in [0.05, 0.1) is 24.9 Å². The van der Waals surface area contributed by atoms with Crippen LogP contribution in [-0.4, -0.2) is 34.3 Å². The van der Waals surface area contributed by atoms with Crippen molar-refractivity contribution in [2.45, 2.75) is 12.4 Å². The molecule has 0 amide bonds. The monoisotopic (exact) mass is 184 g/mol. The summed E-state index contributed by atoms with van der Waals surface area (Å²) < 4.78 is 4.88. The molecule has 0 unspecified atom stereocenters. The highest BCUT2D eigenvalue weighted by atomic mass is 16.6. The van der Waals surface area contributed by atoms with Gasteiger partial charge in [-0.25, -0.2) is 0 Å². The number of hydrogen-bond donors (Lipinski definition) is 3. The van der Waals surface area contributed by atoms with E-state index in [0.29, 0.717) is 5.57 Å². The lowest BCUT2D eigenvalue weighted by molar-refractivity contribution is -0.108. The van der Waals surface area contributed by atoms with Crippen LogP contribution >= 0.6 is 0 Å². The molecule has 1 aliphatic heterocycles. The van der Waals surface area contributed by atoms with Crippen LogP contribution < -0.4 is 0 Å². The lowest BCUT2D eigenvalue weighted by Gasteiger charge is -2.29. The molecule has 4 atom stereocenters. The normalized spacial score (nSPS) is 42.5. The maximum absolute atomic E-state index is 9.54. The molecule has 0 bridgehead atoms. The van der Waals surface area contributed by atoms with Crippen LogP contribution in [0.1, 0.15) is 0 Å². The van der Waals surface area contributed by atoms with E-state index in [1.807, 2.05) is 0 Å². The second-order valence-corrected chi connectivity index (χ2v) is 3.35. The molecular formula is C9H12O4. The van der Waals surface area contributed by atoms with Gasteiger partial charge in [-0.2, -0.15) is 0 Å². The first-order valence-corrected chi connectivity index (χ1v) is 4.23. The minimum Gasteiger partial charge on any atom is -0.472 e. The zero-order valence-electron chi connectivity index (χ0n) is 7.00. The lowest BCUT2D eigenvalue weighted by atomic mass is 9.88. The van der Waals surface area contributed by atoms with Gasteiger partial charge >= 0.3 is 0 Å². The van der Waals surface area contributed by atoms with Crippen molar-refractivity contribution in [2.75, 3.05) is 6.61 Å². The molecule has 4 heteroatoms. The number of aliphatic hydroxyl groups is 3. The van der Waals surface area contributed by atoms with Crippen molar-refractivity contribution >= 4 is 0 Å². The van der Waals surface area contributed by atoms with Gasteiger partial charge < -0.3 is 20.1 Å². The van der Waals surface area contributed by atoms with Crippen molar-refractivity contribution < 1.29 is 20.1 Å². The van der Waals surface area contributed by atoms with E-state index in [4.69, 9.17) is 9.84 Å². The molecule has 0 aromatic carbocycles. The molecule has 72 valence electrons. The summed E-state index contributed by atoms with van der Waals surface area (Å²) in [5.41, 5.74) is 0.648. The fourth-order valence-electron chi connectivity index (χ4n) is 1.97. The second-order valence-electron chi connectivity index (χ2n) is 3.35. The number of ether oxygens (including phenoxy) is 1. The molecule has 0 saturated carbocycles. The van der Waals surface area contributed by atoms with Gasteiger partial charge in [-0.05, 0) is 11.6 Å². The Morgan fingerprint density at radius 2 is 2.15 bits per heavy atom. The third-order valence-electron chi connectivity index (χ3n) is 2.63. The van der Waals surface area contributed by atoms with Crippen molar-refractivity contribution in [3.05, 3.63) is 24.0 Å². The van der Waals surface area contributed by atoms with Gasteiger partial charge in [0.1, 0.15) is 0 Å². The van der Waals surface area contributed by atoms with E-state index >= 15 is 0 Å². The molecule has 2 rings (SSSR count). The predicted molar refractivity (Wildman–Crippen MR) is 44.4 cm³/mol.